The van der Waals surface area contributed by atoms with Crippen molar-refractivity contribution >= 4 is 11.6 Å². The van der Waals surface area contributed by atoms with Gasteiger partial charge in [-0.2, -0.15) is 0 Å². The molecular weight excluding hydrogens is 341 g/mol. The van der Waals surface area contributed by atoms with Crippen molar-refractivity contribution in [3.63, 3.8) is 0 Å². The number of fused-ring (bicyclic) bond motifs is 1. The molecule has 0 saturated carbocycles. The summed E-state index contributed by atoms with van der Waals surface area (Å²) in [6.07, 6.45) is 3.03. The number of aromatic nitrogens is 2. The summed E-state index contributed by atoms with van der Waals surface area (Å²) in [4.78, 5) is 16.6. The van der Waals surface area contributed by atoms with Gasteiger partial charge in [0.05, 0.1) is 5.69 Å². The van der Waals surface area contributed by atoms with Crippen LogP contribution in [0, 0.1) is 11.7 Å². The Morgan fingerprint density at radius 3 is 2.41 bits per heavy atom. The molecule has 3 heterocycles. The van der Waals surface area contributed by atoms with E-state index in [-0.39, 0.29) is 5.82 Å². The summed E-state index contributed by atoms with van der Waals surface area (Å²) in [7, 11) is 0. The van der Waals surface area contributed by atoms with E-state index in [4.69, 9.17) is 4.98 Å². The molecule has 0 N–H and O–H groups in total. The zero-order chi connectivity index (χ0) is 18.8. The summed E-state index contributed by atoms with van der Waals surface area (Å²) >= 11 is 0. The summed E-state index contributed by atoms with van der Waals surface area (Å²) in [6.45, 7) is 11.3. The fourth-order valence-electron chi connectivity index (χ4n) is 4.01. The number of benzene rings is 1. The van der Waals surface area contributed by atoms with Crippen LogP contribution < -0.4 is 9.80 Å². The molecule has 0 spiro atoms. The van der Waals surface area contributed by atoms with E-state index in [1.165, 1.54) is 23.4 Å². The van der Waals surface area contributed by atoms with Crippen LogP contribution in [0.1, 0.15) is 25.1 Å². The summed E-state index contributed by atoms with van der Waals surface area (Å²) in [5, 5.41) is 0. The molecule has 144 valence electrons. The molecule has 5 nitrogen and oxygen atoms in total. The molecule has 1 fully saturated rings. The van der Waals surface area contributed by atoms with E-state index in [0.717, 1.165) is 63.9 Å². The van der Waals surface area contributed by atoms with Crippen LogP contribution in [-0.2, 0) is 13.0 Å². The van der Waals surface area contributed by atoms with Crippen molar-refractivity contribution in [1.29, 1.82) is 0 Å². The van der Waals surface area contributed by atoms with Gasteiger partial charge in [-0.3, -0.25) is 4.90 Å². The molecule has 0 atom stereocenters. The Balaban J connectivity index is 1.38. The molecule has 0 unspecified atom stereocenters. The fraction of sp³-hybridized carbons (Fsp3) is 0.524. The zero-order valence-corrected chi connectivity index (χ0v) is 16.2. The van der Waals surface area contributed by atoms with E-state index in [2.05, 4.69) is 33.5 Å². The van der Waals surface area contributed by atoms with Crippen LogP contribution >= 0.6 is 0 Å². The van der Waals surface area contributed by atoms with Crippen LogP contribution in [0.2, 0.25) is 0 Å². The van der Waals surface area contributed by atoms with Gasteiger partial charge in [0, 0.05) is 69.7 Å². The minimum Gasteiger partial charge on any atom is -0.368 e. The molecule has 0 aliphatic carbocycles. The lowest BCUT2D eigenvalue weighted by Crippen LogP contribution is -2.47. The Hall–Kier alpha value is -2.21. The highest BCUT2D eigenvalue weighted by molar-refractivity contribution is 5.48. The number of anilines is 2. The normalized spacial score (nSPS) is 18.1. The van der Waals surface area contributed by atoms with Gasteiger partial charge in [0.1, 0.15) is 5.82 Å². The second-order valence-corrected chi connectivity index (χ2v) is 7.97. The van der Waals surface area contributed by atoms with Gasteiger partial charge in [-0.25, -0.2) is 14.4 Å². The van der Waals surface area contributed by atoms with Crippen LogP contribution in [-0.4, -0.2) is 54.1 Å². The molecular formula is C21H28FN5. The average molecular weight is 369 g/mol. The first-order chi connectivity index (χ1) is 13.1. The van der Waals surface area contributed by atoms with E-state index in [1.54, 1.807) is 0 Å². The van der Waals surface area contributed by atoms with E-state index in [0.29, 0.717) is 5.92 Å². The molecule has 2 aromatic rings. The molecule has 1 aromatic heterocycles. The lowest BCUT2D eigenvalue weighted by molar-refractivity contribution is 0.224. The van der Waals surface area contributed by atoms with Crippen molar-refractivity contribution in [3.8, 4) is 0 Å². The van der Waals surface area contributed by atoms with Gasteiger partial charge in [0.15, 0.2) is 0 Å². The Morgan fingerprint density at radius 2 is 1.70 bits per heavy atom. The van der Waals surface area contributed by atoms with Crippen molar-refractivity contribution in [2.45, 2.75) is 26.8 Å². The molecule has 2 aliphatic heterocycles. The number of hydrogen-bond donors (Lipinski definition) is 0. The van der Waals surface area contributed by atoms with Crippen molar-refractivity contribution in [2.75, 3.05) is 49.1 Å². The SMILES string of the molecule is CC(C)CN1CCc2nc(N3CCN(c4ccc(F)cc4)CC3)ncc2C1. The van der Waals surface area contributed by atoms with E-state index < -0.39 is 0 Å². The van der Waals surface area contributed by atoms with Crippen LogP contribution in [0.5, 0.6) is 0 Å². The number of piperazine rings is 1. The third-order valence-corrected chi connectivity index (χ3v) is 5.38. The molecule has 6 heteroatoms. The lowest BCUT2D eigenvalue weighted by atomic mass is 10.1. The Kier molecular flexibility index (Phi) is 5.25. The van der Waals surface area contributed by atoms with E-state index in [9.17, 15) is 4.39 Å². The van der Waals surface area contributed by atoms with Crippen molar-refractivity contribution in [3.05, 3.63) is 47.5 Å². The van der Waals surface area contributed by atoms with Crippen LogP contribution in [0.3, 0.4) is 0 Å². The van der Waals surface area contributed by atoms with E-state index >= 15 is 0 Å². The predicted molar refractivity (Wildman–Crippen MR) is 107 cm³/mol. The number of rotatable bonds is 4. The maximum atomic E-state index is 13.1. The highest BCUT2D eigenvalue weighted by atomic mass is 19.1. The summed E-state index contributed by atoms with van der Waals surface area (Å²) < 4.78 is 13.1. The number of hydrogen-bond acceptors (Lipinski definition) is 5. The monoisotopic (exact) mass is 369 g/mol. The summed E-state index contributed by atoms with van der Waals surface area (Å²) in [5.74, 6) is 1.35. The van der Waals surface area contributed by atoms with Crippen molar-refractivity contribution in [2.24, 2.45) is 5.92 Å². The van der Waals surface area contributed by atoms with Gasteiger partial charge < -0.3 is 9.80 Å². The van der Waals surface area contributed by atoms with Crippen LogP contribution in [0.25, 0.3) is 0 Å². The highest BCUT2D eigenvalue weighted by Crippen LogP contribution is 2.22. The minimum atomic E-state index is -0.188. The standard InChI is InChI=1S/C21H28FN5/c1-16(2)14-25-8-7-20-17(15-25)13-23-21(24-20)27-11-9-26(10-12-27)19-5-3-18(22)4-6-19/h3-6,13,16H,7-12,14-15H2,1-2H3. The van der Waals surface area contributed by atoms with Gasteiger partial charge in [0.25, 0.3) is 0 Å². The summed E-state index contributed by atoms with van der Waals surface area (Å²) in [6, 6.07) is 6.75. The lowest BCUT2D eigenvalue weighted by Gasteiger charge is -2.36. The molecule has 27 heavy (non-hydrogen) atoms. The second kappa shape index (κ2) is 7.80. The average Bonchev–Trinajstić information content (AvgIpc) is 2.68. The van der Waals surface area contributed by atoms with Crippen LogP contribution in [0.4, 0.5) is 16.0 Å². The molecule has 2 aliphatic rings. The maximum absolute atomic E-state index is 13.1. The van der Waals surface area contributed by atoms with Crippen molar-refractivity contribution in [1.82, 2.24) is 14.9 Å². The van der Waals surface area contributed by atoms with Gasteiger partial charge >= 0.3 is 0 Å². The van der Waals surface area contributed by atoms with Crippen molar-refractivity contribution < 1.29 is 4.39 Å². The molecule has 0 bridgehead atoms. The van der Waals surface area contributed by atoms with Gasteiger partial charge in [-0.15, -0.1) is 0 Å². The second-order valence-electron chi connectivity index (χ2n) is 7.97. The topological polar surface area (TPSA) is 35.5 Å². The van der Waals surface area contributed by atoms with Gasteiger partial charge in [-0.1, -0.05) is 13.8 Å². The minimum absolute atomic E-state index is 0.188. The largest absolute Gasteiger partial charge is 0.368 e. The third kappa shape index (κ3) is 4.21. The maximum Gasteiger partial charge on any atom is 0.225 e. The number of halogens is 1. The molecule has 1 aromatic carbocycles. The predicted octanol–water partition coefficient (Wildman–Crippen LogP) is 2.96. The Morgan fingerprint density at radius 1 is 1.00 bits per heavy atom. The Bertz CT molecular complexity index is 769. The zero-order valence-electron chi connectivity index (χ0n) is 16.2. The fourth-order valence-corrected chi connectivity index (χ4v) is 4.01. The molecule has 4 rings (SSSR count). The molecule has 0 amide bonds. The van der Waals surface area contributed by atoms with Gasteiger partial charge in [-0.05, 0) is 30.2 Å². The quantitative estimate of drug-likeness (QED) is 0.828. The number of nitrogens with zero attached hydrogens (tertiary/aromatic N) is 5. The first-order valence-electron chi connectivity index (χ1n) is 9.91. The molecule has 0 radical (unpaired) electrons. The molecule has 1 saturated heterocycles. The highest BCUT2D eigenvalue weighted by Gasteiger charge is 2.23. The Labute approximate surface area is 160 Å². The first-order valence-corrected chi connectivity index (χ1v) is 9.91. The first kappa shape index (κ1) is 18.2. The van der Waals surface area contributed by atoms with E-state index in [1.807, 2.05) is 18.3 Å². The third-order valence-electron chi connectivity index (χ3n) is 5.38. The van der Waals surface area contributed by atoms with Gasteiger partial charge in [0.2, 0.25) is 5.95 Å². The smallest absolute Gasteiger partial charge is 0.225 e. The summed E-state index contributed by atoms with van der Waals surface area (Å²) in [5.41, 5.74) is 3.56. The van der Waals surface area contributed by atoms with Crippen LogP contribution in [0.15, 0.2) is 30.5 Å².